The van der Waals surface area contributed by atoms with Gasteiger partial charge >= 0.3 is 5.91 Å². The summed E-state index contributed by atoms with van der Waals surface area (Å²) in [6.07, 6.45) is 0. The van der Waals surface area contributed by atoms with Crippen LogP contribution < -0.4 is 14.4 Å². The molecule has 0 aliphatic carbocycles. The predicted octanol–water partition coefficient (Wildman–Crippen LogP) is 5.65. The minimum atomic E-state index is -0.830. The van der Waals surface area contributed by atoms with Gasteiger partial charge < -0.3 is 14.6 Å². The maximum Gasteiger partial charge on any atom is 0.301 e. The van der Waals surface area contributed by atoms with Crippen molar-refractivity contribution in [1.82, 2.24) is 4.98 Å². The highest BCUT2D eigenvalue weighted by atomic mass is 35.5. The summed E-state index contributed by atoms with van der Waals surface area (Å²) >= 11 is 8.75. The third-order valence-corrected chi connectivity index (χ3v) is 7.64. The van der Waals surface area contributed by atoms with Gasteiger partial charge in [0, 0.05) is 15.5 Å². The van der Waals surface area contributed by atoms with Gasteiger partial charge in [-0.25, -0.2) is 4.98 Å². The van der Waals surface area contributed by atoms with Gasteiger partial charge in [0.25, 0.3) is 5.78 Å². The maximum absolute atomic E-state index is 13.3. The number of thiophene rings is 1. The Labute approximate surface area is 207 Å². The number of hydrogen-bond donors (Lipinski definition) is 1. The fraction of sp³-hybridized carbons (Fsp3) is 0.125. The second-order valence-electron chi connectivity index (χ2n) is 7.36. The zero-order valence-electron chi connectivity index (χ0n) is 17.9. The van der Waals surface area contributed by atoms with Crippen LogP contribution >= 0.6 is 34.3 Å². The lowest BCUT2D eigenvalue weighted by molar-refractivity contribution is -0.132. The van der Waals surface area contributed by atoms with E-state index in [9.17, 15) is 14.7 Å². The van der Waals surface area contributed by atoms with E-state index < -0.39 is 17.7 Å². The fourth-order valence-corrected chi connectivity index (χ4v) is 5.97. The van der Waals surface area contributed by atoms with Crippen LogP contribution in [0.5, 0.6) is 11.5 Å². The summed E-state index contributed by atoms with van der Waals surface area (Å²) < 4.78 is 11.4. The number of anilines is 1. The fourth-order valence-electron chi connectivity index (χ4n) is 3.87. The molecule has 2 aromatic carbocycles. The second kappa shape index (κ2) is 8.75. The molecule has 3 heterocycles. The Morgan fingerprint density at radius 2 is 1.88 bits per heavy atom. The van der Waals surface area contributed by atoms with Crippen molar-refractivity contribution in [3.63, 3.8) is 0 Å². The van der Waals surface area contributed by atoms with Crippen molar-refractivity contribution in [2.24, 2.45) is 0 Å². The number of ketones is 1. The first-order valence-corrected chi connectivity index (χ1v) is 12.1. The third-order valence-electron chi connectivity index (χ3n) is 5.46. The van der Waals surface area contributed by atoms with Gasteiger partial charge in [-0.2, -0.15) is 0 Å². The van der Waals surface area contributed by atoms with Gasteiger partial charge in [-0.15, -0.1) is 11.3 Å². The number of ether oxygens (including phenoxy) is 2. The zero-order chi connectivity index (χ0) is 24.0. The van der Waals surface area contributed by atoms with Crippen molar-refractivity contribution in [1.29, 1.82) is 0 Å². The Kier molecular flexibility index (Phi) is 5.76. The lowest BCUT2D eigenvalue weighted by Crippen LogP contribution is -2.28. The molecule has 0 radical (unpaired) electrons. The number of Topliss-reactive ketones (excluding diaryl/α,β-unsaturated/α-hetero) is 1. The van der Waals surface area contributed by atoms with Crippen LogP contribution in [-0.2, 0) is 9.59 Å². The van der Waals surface area contributed by atoms with Gasteiger partial charge in [-0.3, -0.25) is 14.5 Å². The van der Waals surface area contributed by atoms with Gasteiger partial charge in [0.05, 0.1) is 30.0 Å². The number of carbonyl (C=O) groups excluding carboxylic acids is 2. The molecule has 1 aliphatic rings. The van der Waals surface area contributed by atoms with Crippen molar-refractivity contribution in [3.05, 3.63) is 74.9 Å². The molecule has 2 aromatic heterocycles. The summed E-state index contributed by atoms with van der Waals surface area (Å²) in [6, 6.07) is 12.9. The number of nitrogens with zero attached hydrogens (tertiary/aromatic N) is 2. The highest BCUT2D eigenvalue weighted by Crippen LogP contribution is 2.46. The number of hydrogen-bond acceptors (Lipinski definition) is 8. The molecule has 1 N–H and O–H groups in total. The van der Waals surface area contributed by atoms with Gasteiger partial charge in [0.15, 0.2) is 16.6 Å². The standard InChI is InChI=1S/C24H17ClN2O5S2/c1-31-15-8-5-12(10-16(15)32-2)21(28)19-20(17-4-3-9-33-17)27(23(30)22(19)29)24-26-14-7-6-13(25)11-18(14)34-24/h3-11,20,28H,1-2H3/b21-19+. The smallest absolute Gasteiger partial charge is 0.301 e. The van der Waals surface area contributed by atoms with Gasteiger partial charge in [-0.05, 0) is 47.8 Å². The Bertz CT molecular complexity index is 1460. The Balaban J connectivity index is 1.69. The van der Waals surface area contributed by atoms with Crippen LogP contribution in [0.3, 0.4) is 0 Å². The summed E-state index contributed by atoms with van der Waals surface area (Å²) in [4.78, 5) is 33.1. The molecule has 172 valence electrons. The van der Waals surface area contributed by atoms with Crippen molar-refractivity contribution < 1.29 is 24.2 Å². The molecule has 34 heavy (non-hydrogen) atoms. The van der Waals surface area contributed by atoms with Crippen molar-refractivity contribution in [2.45, 2.75) is 6.04 Å². The summed E-state index contributed by atoms with van der Waals surface area (Å²) in [7, 11) is 2.98. The maximum atomic E-state index is 13.3. The van der Waals surface area contributed by atoms with Gasteiger partial charge in [-0.1, -0.05) is 29.0 Å². The number of methoxy groups -OCH3 is 2. The predicted molar refractivity (Wildman–Crippen MR) is 133 cm³/mol. The van der Waals surface area contributed by atoms with Crippen LogP contribution in [0.25, 0.3) is 16.0 Å². The highest BCUT2D eigenvalue weighted by molar-refractivity contribution is 7.22. The average Bonchev–Trinajstić information content (AvgIpc) is 3.56. The number of thiazole rings is 1. The monoisotopic (exact) mass is 512 g/mol. The van der Waals surface area contributed by atoms with E-state index in [4.69, 9.17) is 21.1 Å². The first kappa shape index (κ1) is 22.4. The zero-order valence-corrected chi connectivity index (χ0v) is 20.3. The molecule has 1 fully saturated rings. The van der Waals surface area contributed by atoms with Crippen molar-refractivity contribution in [3.8, 4) is 11.5 Å². The van der Waals surface area contributed by atoms with E-state index in [1.807, 2.05) is 17.5 Å². The number of halogens is 1. The molecule has 0 saturated carbocycles. The number of rotatable bonds is 5. The van der Waals surface area contributed by atoms with Gasteiger partial charge in [0.1, 0.15) is 11.8 Å². The van der Waals surface area contributed by atoms with Crippen LogP contribution in [0.2, 0.25) is 5.02 Å². The molecule has 0 bridgehead atoms. The molecular weight excluding hydrogens is 496 g/mol. The van der Waals surface area contributed by atoms with E-state index in [1.165, 1.54) is 41.8 Å². The molecule has 5 rings (SSSR count). The molecular formula is C24H17ClN2O5S2. The molecule has 7 nitrogen and oxygen atoms in total. The van der Waals surface area contributed by atoms with E-state index in [0.717, 1.165) is 9.58 Å². The van der Waals surface area contributed by atoms with Crippen LogP contribution in [0.1, 0.15) is 16.5 Å². The molecule has 1 saturated heterocycles. The molecule has 10 heteroatoms. The average molecular weight is 513 g/mol. The summed E-state index contributed by atoms with van der Waals surface area (Å²) in [5.41, 5.74) is 0.973. The van der Waals surface area contributed by atoms with E-state index in [-0.39, 0.29) is 11.3 Å². The number of benzene rings is 2. The van der Waals surface area contributed by atoms with E-state index in [1.54, 1.807) is 36.4 Å². The van der Waals surface area contributed by atoms with Gasteiger partial charge in [0.2, 0.25) is 0 Å². The number of carbonyl (C=O) groups is 2. The first-order valence-electron chi connectivity index (χ1n) is 10.1. The molecule has 1 unspecified atom stereocenters. The molecule has 1 atom stereocenters. The first-order chi connectivity index (χ1) is 16.4. The number of aliphatic hydroxyl groups excluding tert-OH is 1. The molecule has 1 amide bonds. The number of aromatic nitrogens is 1. The number of fused-ring (bicyclic) bond motifs is 1. The Morgan fingerprint density at radius 3 is 2.59 bits per heavy atom. The number of amides is 1. The molecule has 1 aliphatic heterocycles. The second-order valence-corrected chi connectivity index (χ2v) is 9.79. The van der Waals surface area contributed by atoms with Crippen LogP contribution in [0.15, 0.2) is 59.5 Å². The third kappa shape index (κ3) is 3.62. The summed E-state index contributed by atoms with van der Waals surface area (Å²) in [5.74, 6) is -0.989. The molecule has 0 spiro atoms. The topological polar surface area (TPSA) is 89.0 Å². The SMILES string of the molecule is COc1ccc(/C(O)=C2\C(=O)C(=O)N(c3nc4ccc(Cl)cc4s3)C2c2cccs2)cc1OC. The van der Waals surface area contributed by atoms with Crippen LogP contribution in [0, 0.1) is 0 Å². The minimum Gasteiger partial charge on any atom is -0.507 e. The van der Waals surface area contributed by atoms with Crippen LogP contribution in [-0.4, -0.2) is 36.0 Å². The normalized spacial score (nSPS) is 17.5. The summed E-state index contributed by atoms with van der Waals surface area (Å²) in [5, 5.41) is 14.0. The lowest BCUT2D eigenvalue weighted by atomic mass is 9.99. The highest BCUT2D eigenvalue weighted by Gasteiger charge is 2.48. The van der Waals surface area contributed by atoms with Crippen molar-refractivity contribution in [2.75, 3.05) is 19.1 Å². The summed E-state index contributed by atoms with van der Waals surface area (Å²) in [6.45, 7) is 0. The van der Waals surface area contributed by atoms with Crippen LogP contribution in [0.4, 0.5) is 5.13 Å². The van der Waals surface area contributed by atoms with E-state index >= 15 is 0 Å². The Morgan fingerprint density at radius 1 is 1.09 bits per heavy atom. The van der Waals surface area contributed by atoms with E-state index in [0.29, 0.717) is 32.7 Å². The quantitative estimate of drug-likeness (QED) is 0.211. The minimum absolute atomic E-state index is 0.0167. The Hall–Kier alpha value is -3.40. The number of aliphatic hydroxyl groups is 1. The lowest BCUT2D eigenvalue weighted by Gasteiger charge is -2.21. The largest absolute Gasteiger partial charge is 0.507 e. The molecule has 4 aromatic rings. The van der Waals surface area contributed by atoms with E-state index in [2.05, 4.69) is 4.98 Å². The van der Waals surface area contributed by atoms with Crippen molar-refractivity contribution >= 4 is 67.1 Å².